The van der Waals surface area contributed by atoms with Gasteiger partial charge in [0.15, 0.2) is 0 Å². The van der Waals surface area contributed by atoms with E-state index in [1.807, 2.05) is 26.0 Å². The van der Waals surface area contributed by atoms with Crippen LogP contribution in [0.25, 0.3) is 0 Å². The van der Waals surface area contributed by atoms with Crippen molar-refractivity contribution in [1.29, 1.82) is 0 Å². The molecule has 0 spiro atoms. The van der Waals surface area contributed by atoms with E-state index < -0.39 is 0 Å². The third-order valence-electron chi connectivity index (χ3n) is 3.66. The number of ether oxygens (including phenoxy) is 1. The molecule has 0 saturated heterocycles. The van der Waals surface area contributed by atoms with Gasteiger partial charge in [0, 0.05) is 6.54 Å². The number of benzene rings is 1. The maximum Gasteiger partial charge on any atom is 0.227 e. The van der Waals surface area contributed by atoms with Crippen LogP contribution in [-0.4, -0.2) is 16.5 Å². The second-order valence-corrected chi connectivity index (χ2v) is 5.16. The minimum atomic E-state index is 0.570. The molecule has 0 bridgehead atoms. The molecule has 1 heterocycles. The van der Waals surface area contributed by atoms with Gasteiger partial charge in [-0.1, -0.05) is 26.0 Å². The summed E-state index contributed by atoms with van der Waals surface area (Å²) < 4.78 is 5.87. The van der Waals surface area contributed by atoms with Crippen LogP contribution in [-0.2, 0) is 0 Å². The van der Waals surface area contributed by atoms with Crippen molar-refractivity contribution in [2.45, 2.75) is 40.0 Å². The molecule has 1 aromatic carbocycles. The van der Waals surface area contributed by atoms with E-state index in [9.17, 15) is 0 Å². The Morgan fingerprint density at radius 1 is 1.14 bits per heavy atom. The molecule has 4 heteroatoms. The normalized spacial score (nSPS) is 12.0. The number of rotatable bonds is 6. The van der Waals surface area contributed by atoms with Gasteiger partial charge in [0.05, 0.1) is 5.56 Å². The molecule has 1 unspecified atom stereocenters. The summed E-state index contributed by atoms with van der Waals surface area (Å²) in [5.74, 6) is 2.78. The fourth-order valence-corrected chi connectivity index (χ4v) is 2.09. The topological polar surface area (TPSA) is 47.0 Å². The van der Waals surface area contributed by atoms with E-state index in [4.69, 9.17) is 4.74 Å². The summed E-state index contributed by atoms with van der Waals surface area (Å²) in [6.07, 6.45) is 2.66. The second-order valence-electron chi connectivity index (χ2n) is 5.16. The smallest absolute Gasteiger partial charge is 0.227 e. The van der Waals surface area contributed by atoms with Crippen molar-refractivity contribution in [1.82, 2.24) is 9.97 Å². The van der Waals surface area contributed by atoms with Crippen LogP contribution in [0.3, 0.4) is 0 Å². The van der Waals surface area contributed by atoms with Crippen LogP contribution in [0.4, 0.5) is 5.82 Å². The minimum absolute atomic E-state index is 0.570. The second kappa shape index (κ2) is 7.07. The third-order valence-corrected chi connectivity index (χ3v) is 3.66. The molecule has 0 fully saturated rings. The maximum atomic E-state index is 5.87. The fourth-order valence-electron chi connectivity index (χ4n) is 2.09. The Bertz CT molecular complexity index is 581. The molecule has 4 nitrogen and oxygen atoms in total. The first kappa shape index (κ1) is 15.3. The molecule has 1 N–H and O–H groups in total. The number of aromatic nitrogens is 2. The molecule has 0 saturated carbocycles. The van der Waals surface area contributed by atoms with Gasteiger partial charge in [-0.3, -0.25) is 0 Å². The molecule has 1 aromatic heterocycles. The summed E-state index contributed by atoms with van der Waals surface area (Å²) in [5.41, 5.74) is 2.25. The van der Waals surface area contributed by atoms with E-state index in [2.05, 4.69) is 41.3 Å². The maximum absolute atomic E-state index is 5.87. The van der Waals surface area contributed by atoms with Crippen molar-refractivity contribution in [3.63, 3.8) is 0 Å². The summed E-state index contributed by atoms with van der Waals surface area (Å²) in [4.78, 5) is 8.43. The molecule has 2 aromatic rings. The Kier molecular flexibility index (Phi) is 5.14. The van der Waals surface area contributed by atoms with Crippen LogP contribution in [0.2, 0.25) is 0 Å². The summed E-state index contributed by atoms with van der Waals surface area (Å²) in [6.45, 7) is 9.24. The Morgan fingerprint density at radius 2 is 1.86 bits per heavy atom. The van der Waals surface area contributed by atoms with Crippen LogP contribution in [0.1, 0.15) is 44.2 Å². The van der Waals surface area contributed by atoms with Gasteiger partial charge in [0.2, 0.25) is 5.88 Å². The van der Waals surface area contributed by atoms with Gasteiger partial charge in [0.1, 0.15) is 17.9 Å². The van der Waals surface area contributed by atoms with E-state index >= 15 is 0 Å². The summed E-state index contributed by atoms with van der Waals surface area (Å²) in [7, 11) is 0. The van der Waals surface area contributed by atoms with Gasteiger partial charge < -0.3 is 10.1 Å². The van der Waals surface area contributed by atoms with E-state index in [0.29, 0.717) is 11.8 Å². The minimum Gasteiger partial charge on any atom is -0.439 e. The summed E-state index contributed by atoms with van der Waals surface area (Å²) >= 11 is 0. The molecular weight excluding hydrogens is 262 g/mol. The molecule has 112 valence electrons. The molecule has 0 amide bonds. The van der Waals surface area contributed by atoms with Crippen LogP contribution >= 0.6 is 0 Å². The molecule has 21 heavy (non-hydrogen) atoms. The average molecular weight is 285 g/mol. The van der Waals surface area contributed by atoms with E-state index in [-0.39, 0.29) is 0 Å². The number of nitrogens with zero attached hydrogens (tertiary/aromatic N) is 2. The van der Waals surface area contributed by atoms with Gasteiger partial charge in [0.25, 0.3) is 0 Å². The van der Waals surface area contributed by atoms with Crippen molar-refractivity contribution >= 4 is 5.82 Å². The lowest BCUT2D eigenvalue weighted by Gasteiger charge is -2.12. The fraction of sp³-hybridized carbons (Fsp3) is 0.412. The van der Waals surface area contributed by atoms with Gasteiger partial charge >= 0.3 is 0 Å². The first-order valence-electron chi connectivity index (χ1n) is 7.49. The monoisotopic (exact) mass is 285 g/mol. The predicted molar refractivity (Wildman–Crippen MR) is 86.2 cm³/mol. The van der Waals surface area contributed by atoms with Crippen molar-refractivity contribution in [2.24, 2.45) is 0 Å². The number of nitrogens with one attached hydrogen (secondary N) is 1. The molecule has 0 aliphatic rings. The quantitative estimate of drug-likeness (QED) is 0.847. The Hall–Kier alpha value is -2.10. The van der Waals surface area contributed by atoms with Gasteiger partial charge in [-0.15, -0.1) is 0 Å². The molecule has 0 aliphatic heterocycles. The zero-order chi connectivity index (χ0) is 15.2. The first-order chi connectivity index (χ1) is 10.2. The highest BCUT2D eigenvalue weighted by Crippen LogP contribution is 2.27. The Labute approximate surface area is 126 Å². The average Bonchev–Trinajstić information content (AvgIpc) is 2.51. The SMILES string of the molecule is CCNc1ncnc(Oc2ccc(C(C)CC)cc2)c1C. The van der Waals surface area contributed by atoms with Gasteiger partial charge in [-0.25, -0.2) is 9.97 Å². The number of hydrogen-bond donors (Lipinski definition) is 1. The van der Waals surface area contributed by atoms with Gasteiger partial charge in [-0.05, 0) is 43.9 Å². The van der Waals surface area contributed by atoms with E-state index in [1.165, 1.54) is 11.9 Å². The van der Waals surface area contributed by atoms with Crippen LogP contribution in [0.15, 0.2) is 30.6 Å². The van der Waals surface area contributed by atoms with E-state index in [0.717, 1.165) is 30.1 Å². The zero-order valence-electron chi connectivity index (χ0n) is 13.2. The number of hydrogen-bond acceptors (Lipinski definition) is 4. The highest BCUT2D eigenvalue weighted by Gasteiger charge is 2.09. The van der Waals surface area contributed by atoms with Crippen molar-refractivity contribution < 1.29 is 4.74 Å². The van der Waals surface area contributed by atoms with Crippen LogP contribution in [0, 0.1) is 6.92 Å². The van der Waals surface area contributed by atoms with Crippen LogP contribution in [0.5, 0.6) is 11.6 Å². The Balaban J connectivity index is 2.16. The largest absolute Gasteiger partial charge is 0.439 e. The lowest BCUT2D eigenvalue weighted by Crippen LogP contribution is -2.03. The molecule has 0 aliphatic carbocycles. The van der Waals surface area contributed by atoms with Crippen LogP contribution < -0.4 is 10.1 Å². The van der Waals surface area contributed by atoms with E-state index in [1.54, 1.807) is 0 Å². The predicted octanol–water partition coefficient (Wildman–Crippen LogP) is 4.52. The van der Waals surface area contributed by atoms with Crippen molar-refractivity contribution in [3.05, 3.63) is 41.7 Å². The lowest BCUT2D eigenvalue weighted by atomic mass is 9.99. The first-order valence-corrected chi connectivity index (χ1v) is 7.49. The summed E-state index contributed by atoms with van der Waals surface area (Å²) in [6, 6.07) is 8.22. The van der Waals surface area contributed by atoms with Gasteiger partial charge in [-0.2, -0.15) is 0 Å². The number of anilines is 1. The zero-order valence-corrected chi connectivity index (χ0v) is 13.2. The highest BCUT2D eigenvalue weighted by molar-refractivity contribution is 5.48. The molecule has 2 rings (SSSR count). The molecular formula is C17H23N3O. The molecule has 1 atom stereocenters. The third kappa shape index (κ3) is 3.72. The lowest BCUT2D eigenvalue weighted by molar-refractivity contribution is 0.457. The Morgan fingerprint density at radius 3 is 2.48 bits per heavy atom. The molecule has 0 radical (unpaired) electrons. The standard InChI is InChI=1S/C17H23N3O/c1-5-12(3)14-7-9-15(10-8-14)21-17-13(4)16(18-6-2)19-11-20-17/h7-12H,5-6H2,1-4H3,(H,18,19,20). The van der Waals surface area contributed by atoms with Crippen molar-refractivity contribution in [3.8, 4) is 11.6 Å². The van der Waals surface area contributed by atoms with Crippen molar-refractivity contribution in [2.75, 3.05) is 11.9 Å². The summed E-state index contributed by atoms with van der Waals surface area (Å²) in [5, 5.41) is 3.20. The highest BCUT2D eigenvalue weighted by atomic mass is 16.5.